The molecular formula is C12H13NS3. The summed E-state index contributed by atoms with van der Waals surface area (Å²) < 4.78 is 0.939. The molecular weight excluding hydrogens is 254 g/mol. The van der Waals surface area contributed by atoms with Gasteiger partial charge in [-0.1, -0.05) is 36.1 Å². The van der Waals surface area contributed by atoms with Crippen LogP contribution in [0.25, 0.3) is 0 Å². The Morgan fingerprint density at radius 1 is 1.50 bits per heavy atom. The number of hydrogen-bond acceptors (Lipinski definition) is 4. The van der Waals surface area contributed by atoms with Crippen LogP contribution < -0.4 is 4.90 Å². The molecule has 0 N–H and O–H groups in total. The largest absolute Gasteiger partial charge is 0.335 e. The SMILES string of the molecule is CCN1C(=CC(=S)SC)Sc2ccccc21. The van der Waals surface area contributed by atoms with Crippen LogP contribution in [0.5, 0.6) is 0 Å². The molecule has 1 aliphatic rings. The zero-order valence-electron chi connectivity index (χ0n) is 9.27. The molecule has 0 amide bonds. The smallest absolute Gasteiger partial charge is 0.0821 e. The summed E-state index contributed by atoms with van der Waals surface area (Å²) in [6, 6.07) is 8.48. The molecule has 1 aromatic carbocycles. The zero-order valence-corrected chi connectivity index (χ0v) is 11.7. The number of fused-ring (bicyclic) bond motifs is 1. The van der Waals surface area contributed by atoms with E-state index < -0.39 is 0 Å². The van der Waals surface area contributed by atoms with Gasteiger partial charge in [0.2, 0.25) is 0 Å². The summed E-state index contributed by atoms with van der Waals surface area (Å²) in [7, 11) is 0. The molecule has 0 aliphatic carbocycles. The van der Waals surface area contributed by atoms with E-state index in [2.05, 4.69) is 42.2 Å². The van der Waals surface area contributed by atoms with Crippen LogP contribution in [0.1, 0.15) is 6.92 Å². The van der Waals surface area contributed by atoms with E-state index in [1.54, 1.807) is 23.5 Å². The number of thiocarbonyl (C=S) groups is 1. The van der Waals surface area contributed by atoms with E-state index in [-0.39, 0.29) is 0 Å². The van der Waals surface area contributed by atoms with E-state index in [9.17, 15) is 0 Å². The third-order valence-electron chi connectivity index (χ3n) is 2.40. The molecule has 84 valence electrons. The average molecular weight is 267 g/mol. The van der Waals surface area contributed by atoms with Crippen LogP contribution in [0.4, 0.5) is 5.69 Å². The first-order chi connectivity index (χ1) is 7.76. The Balaban J connectivity index is 2.34. The third kappa shape index (κ3) is 2.29. The standard InChI is InChI=1S/C12H13NS3/c1-3-13-9-6-4-5-7-10(9)16-11(13)8-12(14)15-2/h4-8H,3H2,1-2H3. The second-order valence-electron chi connectivity index (χ2n) is 3.32. The van der Waals surface area contributed by atoms with Crippen molar-refractivity contribution >= 4 is 45.6 Å². The Kier molecular flexibility index (Phi) is 3.95. The Bertz CT molecular complexity index is 440. The van der Waals surface area contributed by atoms with Crippen LogP contribution in [0.15, 0.2) is 40.3 Å². The Morgan fingerprint density at radius 2 is 2.25 bits per heavy atom. The molecule has 1 nitrogen and oxygen atoms in total. The maximum Gasteiger partial charge on any atom is 0.0821 e. The molecule has 0 atom stereocenters. The molecule has 0 aromatic heterocycles. The van der Waals surface area contributed by atoms with Crippen molar-refractivity contribution in [3.05, 3.63) is 35.4 Å². The van der Waals surface area contributed by atoms with Gasteiger partial charge in [0.15, 0.2) is 0 Å². The lowest BCUT2D eigenvalue weighted by molar-refractivity contribution is 1.00. The fourth-order valence-corrected chi connectivity index (χ4v) is 3.31. The number of benzene rings is 1. The van der Waals surface area contributed by atoms with Gasteiger partial charge in [-0.2, -0.15) is 0 Å². The van der Waals surface area contributed by atoms with Crippen LogP contribution in [0.3, 0.4) is 0 Å². The second-order valence-corrected chi connectivity index (χ2v) is 5.93. The first-order valence-electron chi connectivity index (χ1n) is 5.10. The Morgan fingerprint density at radius 3 is 2.94 bits per heavy atom. The van der Waals surface area contributed by atoms with Gasteiger partial charge in [-0.15, -0.1) is 11.8 Å². The van der Waals surface area contributed by atoms with Crippen molar-refractivity contribution < 1.29 is 0 Å². The van der Waals surface area contributed by atoms with Crippen LogP contribution in [0.2, 0.25) is 0 Å². The summed E-state index contributed by atoms with van der Waals surface area (Å²) >= 11 is 8.67. The molecule has 0 saturated heterocycles. The summed E-state index contributed by atoms with van der Waals surface area (Å²) in [6.45, 7) is 3.14. The second kappa shape index (κ2) is 5.25. The van der Waals surface area contributed by atoms with Gasteiger partial charge >= 0.3 is 0 Å². The van der Waals surface area contributed by atoms with Crippen molar-refractivity contribution in [3.8, 4) is 0 Å². The summed E-state index contributed by atoms with van der Waals surface area (Å²) in [5, 5.41) is 1.24. The predicted molar refractivity (Wildman–Crippen MR) is 79.5 cm³/mol. The van der Waals surface area contributed by atoms with E-state index >= 15 is 0 Å². The molecule has 1 heterocycles. The fourth-order valence-electron chi connectivity index (χ4n) is 1.65. The first kappa shape index (κ1) is 12.0. The van der Waals surface area contributed by atoms with Gasteiger partial charge in [-0.3, -0.25) is 0 Å². The van der Waals surface area contributed by atoms with Crippen LogP contribution in [-0.2, 0) is 0 Å². The van der Waals surface area contributed by atoms with Crippen LogP contribution >= 0.6 is 35.7 Å². The lowest BCUT2D eigenvalue weighted by Gasteiger charge is -2.17. The monoisotopic (exact) mass is 267 g/mol. The van der Waals surface area contributed by atoms with Gasteiger partial charge in [0.1, 0.15) is 0 Å². The molecule has 4 heteroatoms. The minimum absolute atomic E-state index is 0.939. The number of anilines is 1. The summed E-state index contributed by atoms with van der Waals surface area (Å²) in [5.74, 6) is 0. The molecule has 1 aliphatic heterocycles. The number of nitrogens with zero attached hydrogens (tertiary/aromatic N) is 1. The molecule has 0 saturated carbocycles. The Labute approximate surface area is 110 Å². The van der Waals surface area contributed by atoms with Crippen LogP contribution in [0, 0.1) is 0 Å². The minimum Gasteiger partial charge on any atom is -0.335 e. The zero-order chi connectivity index (χ0) is 11.5. The van der Waals surface area contributed by atoms with Crippen molar-refractivity contribution in [3.63, 3.8) is 0 Å². The highest BCUT2D eigenvalue weighted by Gasteiger charge is 2.23. The lowest BCUT2D eigenvalue weighted by Crippen LogP contribution is -2.16. The van der Waals surface area contributed by atoms with Gasteiger partial charge in [-0.05, 0) is 31.4 Å². The van der Waals surface area contributed by atoms with Crippen molar-refractivity contribution in [2.45, 2.75) is 11.8 Å². The van der Waals surface area contributed by atoms with Crippen molar-refractivity contribution in [1.82, 2.24) is 0 Å². The van der Waals surface area contributed by atoms with E-state index in [1.807, 2.05) is 6.26 Å². The van der Waals surface area contributed by atoms with Crippen LogP contribution in [-0.4, -0.2) is 17.0 Å². The summed E-state index contributed by atoms with van der Waals surface area (Å²) in [6.07, 6.45) is 4.11. The molecule has 2 rings (SSSR count). The van der Waals surface area contributed by atoms with Gasteiger partial charge in [0.05, 0.1) is 14.9 Å². The molecule has 0 fully saturated rings. The topological polar surface area (TPSA) is 3.24 Å². The van der Waals surface area contributed by atoms with Gasteiger partial charge in [-0.25, -0.2) is 0 Å². The quantitative estimate of drug-likeness (QED) is 0.584. The molecule has 0 unspecified atom stereocenters. The normalized spacial score (nSPS) is 16.6. The predicted octanol–water partition coefficient (Wildman–Crippen LogP) is 4.15. The highest BCUT2D eigenvalue weighted by atomic mass is 32.2. The molecule has 0 radical (unpaired) electrons. The lowest BCUT2D eigenvalue weighted by atomic mass is 10.3. The minimum atomic E-state index is 0.939. The van der Waals surface area contributed by atoms with Gasteiger partial charge < -0.3 is 4.90 Å². The van der Waals surface area contributed by atoms with E-state index in [0.717, 1.165) is 10.7 Å². The van der Waals surface area contributed by atoms with Crippen molar-refractivity contribution in [2.75, 3.05) is 17.7 Å². The molecule has 0 spiro atoms. The molecule has 0 bridgehead atoms. The molecule has 16 heavy (non-hydrogen) atoms. The Hall–Kier alpha value is -0.450. The highest BCUT2D eigenvalue weighted by molar-refractivity contribution is 8.23. The first-order valence-corrected chi connectivity index (χ1v) is 7.55. The number of rotatable bonds is 2. The number of para-hydroxylation sites is 1. The van der Waals surface area contributed by atoms with Gasteiger partial charge in [0.25, 0.3) is 0 Å². The maximum absolute atomic E-state index is 5.25. The number of hydrogen-bond donors (Lipinski definition) is 0. The third-order valence-corrected chi connectivity index (χ3v) is 4.65. The average Bonchev–Trinajstić information content (AvgIpc) is 2.65. The fraction of sp³-hybridized carbons (Fsp3) is 0.250. The number of thioether (sulfide) groups is 2. The van der Waals surface area contributed by atoms with Crippen molar-refractivity contribution in [2.24, 2.45) is 0 Å². The van der Waals surface area contributed by atoms with E-state index in [1.165, 1.54) is 15.6 Å². The molecule has 1 aromatic rings. The van der Waals surface area contributed by atoms with E-state index in [0.29, 0.717) is 0 Å². The highest BCUT2D eigenvalue weighted by Crippen LogP contribution is 2.45. The summed E-state index contributed by atoms with van der Waals surface area (Å²) in [5.41, 5.74) is 1.30. The summed E-state index contributed by atoms with van der Waals surface area (Å²) in [4.78, 5) is 3.63. The maximum atomic E-state index is 5.25. The van der Waals surface area contributed by atoms with Gasteiger partial charge in [0, 0.05) is 11.4 Å². The van der Waals surface area contributed by atoms with E-state index in [4.69, 9.17) is 12.2 Å². The van der Waals surface area contributed by atoms with Crippen molar-refractivity contribution in [1.29, 1.82) is 0 Å².